The Bertz CT molecular complexity index is 1140. The molecule has 1 aliphatic heterocycles. The van der Waals surface area contributed by atoms with Crippen LogP contribution in [0.15, 0.2) is 60.7 Å². The lowest BCUT2D eigenvalue weighted by Crippen LogP contribution is -2.61. The van der Waals surface area contributed by atoms with Crippen LogP contribution in [0.5, 0.6) is 11.5 Å². The molecule has 1 saturated heterocycles. The Hall–Kier alpha value is -3.61. The standard InChI is InChI=1S/C25H24FNO5.C2H6/c1-30-21-9-5-19-12-22(10-6-18(19)11-21)32-16-25(13-23(28)31-2)14-27(15-25)24(29)17-3-7-20(26)8-4-17;1-2/h3-12H,13-16H2,1-2H3;1-2H3. The lowest BCUT2D eigenvalue weighted by Gasteiger charge is -2.49. The number of carbonyl (C=O) groups excluding carboxylic acids is 2. The molecule has 1 amide bonds. The predicted molar refractivity (Wildman–Crippen MR) is 129 cm³/mol. The van der Waals surface area contributed by atoms with E-state index in [0.717, 1.165) is 16.5 Å². The maximum absolute atomic E-state index is 13.2. The summed E-state index contributed by atoms with van der Waals surface area (Å²) in [4.78, 5) is 26.3. The van der Waals surface area contributed by atoms with Crippen molar-refractivity contribution in [1.29, 1.82) is 0 Å². The fourth-order valence-corrected chi connectivity index (χ4v) is 3.97. The van der Waals surface area contributed by atoms with Crippen LogP contribution in [0.4, 0.5) is 4.39 Å². The number of carbonyl (C=O) groups is 2. The number of benzene rings is 3. The summed E-state index contributed by atoms with van der Waals surface area (Å²) < 4.78 is 29.3. The quantitative estimate of drug-likeness (QED) is 0.453. The zero-order valence-corrected chi connectivity index (χ0v) is 20.0. The minimum atomic E-state index is -0.544. The summed E-state index contributed by atoms with van der Waals surface area (Å²) in [7, 11) is 2.97. The lowest BCUT2D eigenvalue weighted by atomic mass is 9.77. The van der Waals surface area contributed by atoms with Gasteiger partial charge in [0, 0.05) is 18.7 Å². The summed E-state index contributed by atoms with van der Waals surface area (Å²) in [5, 5.41) is 2.03. The molecule has 1 heterocycles. The molecule has 0 bridgehead atoms. The number of fused-ring (bicyclic) bond motifs is 1. The Labute approximate surface area is 199 Å². The molecule has 0 N–H and O–H groups in total. The van der Waals surface area contributed by atoms with Crippen molar-refractivity contribution in [3.8, 4) is 11.5 Å². The van der Waals surface area contributed by atoms with Crippen molar-refractivity contribution in [3.63, 3.8) is 0 Å². The number of rotatable bonds is 7. The van der Waals surface area contributed by atoms with Crippen molar-refractivity contribution < 1.29 is 28.2 Å². The van der Waals surface area contributed by atoms with Gasteiger partial charge in [-0.05, 0) is 59.3 Å². The van der Waals surface area contributed by atoms with E-state index in [4.69, 9.17) is 14.2 Å². The van der Waals surface area contributed by atoms with Crippen LogP contribution in [0, 0.1) is 11.2 Å². The van der Waals surface area contributed by atoms with Crippen LogP contribution < -0.4 is 9.47 Å². The number of likely N-dealkylation sites (tertiary alicyclic amines) is 1. The Morgan fingerprint density at radius 1 is 0.912 bits per heavy atom. The molecule has 0 saturated carbocycles. The van der Waals surface area contributed by atoms with Gasteiger partial charge in [0.25, 0.3) is 5.91 Å². The second-order valence-electron chi connectivity index (χ2n) is 8.08. The summed E-state index contributed by atoms with van der Waals surface area (Å²) >= 11 is 0. The van der Waals surface area contributed by atoms with E-state index in [0.29, 0.717) is 24.4 Å². The predicted octanol–water partition coefficient (Wildman–Crippen LogP) is 5.10. The summed E-state index contributed by atoms with van der Waals surface area (Å²) in [6.45, 7) is 4.96. The molecule has 6 nitrogen and oxygen atoms in total. The van der Waals surface area contributed by atoms with Gasteiger partial charge in [0.15, 0.2) is 0 Å². The smallest absolute Gasteiger partial charge is 0.306 e. The largest absolute Gasteiger partial charge is 0.497 e. The zero-order chi connectivity index (χ0) is 24.7. The van der Waals surface area contributed by atoms with E-state index in [1.165, 1.54) is 31.4 Å². The molecule has 0 aromatic heterocycles. The molecule has 3 aromatic rings. The minimum absolute atomic E-state index is 0.140. The number of amides is 1. The van der Waals surface area contributed by atoms with Crippen molar-refractivity contribution >= 4 is 22.6 Å². The highest BCUT2D eigenvalue weighted by Gasteiger charge is 2.47. The van der Waals surface area contributed by atoms with Gasteiger partial charge in [-0.1, -0.05) is 26.0 Å². The first-order chi connectivity index (χ1) is 16.4. The normalized spacial score (nSPS) is 13.9. The second kappa shape index (κ2) is 11.0. The Morgan fingerprint density at radius 3 is 2.09 bits per heavy atom. The fourth-order valence-electron chi connectivity index (χ4n) is 3.97. The molecule has 0 unspecified atom stereocenters. The number of methoxy groups -OCH3 is 2. The van der Waals surface area contributed by atoms with Crippen LogP contribution in [0.25, 0.3) is 10.8 Å². The van der Waals surface area contributed by atoms with Crippen LogP contribution >= 0.6 is 0 Å². The van der Waals surface area contributed by atoms with Gasteiger partial charge in [-0.2, -0.15) is 0 Å². The SMILES string of the molecule is CC.COC(=O)CC1(COc2ccc3cc(OC)ccc3c2)CN(C(=O)c2ccc(F)cc2)C1. The van der Waals surface area contributed by atoms with E-state index >= 15 is 0 Å². The summed E-state index contributed by atoms with van der Waals surface area (Å²) in [6.07, 6.45) is 0.140. The van der Waals surface area contributed by atoms with E-state index in [1.54, 1.807) is 12.0 Å². The number of esters is 1. The Balaban J connectivity index is 0.00000158. The van der Waals surface area contributed by atoms with Crippen molar-refractivity contribution in [2.45, 2.75) is 20.3 Å². The molecule has 3 aromatic carbocycles. The van der Waals surface area contributed by atoms with Gasteiger partial charge in [0.1, 0.15) is 17.3 Å². The van der Waals surface area contributed by atoms with E-state index in [1.807, 2.05) is 50.2 Å². The third kappa shape index (κ3) is 5.65. The average molecular weight is 468 g/mol. The van der Waals surface area contributed by atoms with Crippen molar-refractivity contribution in [3.05, 3.63) is 72.0 Å². The first-order valence-electron chi connectivity index (χ1n) is 11.2. The van der Waals surface area contributed by atoms with E-state index in [-0.39, 0.29) is 24.9 Å². The second-order valence-corrected chi connectivity index (χ2v) is 8.08. The monoisotopic (exact) mass is 467 g/mol. The van der Waals surface area contributed by atoms with Crippen LogP contribution in [0.1, 0.15) is 30.6 Å². The molecular weight excluding hydrogens is 437 g/mol. The number of halogens is 1. The summed E-state index contributed by atoms with van der Waals surface area (Å²) in [5.41, 5.74) is -0.138. The number of ether oxygens (including phenoxy) is 3. The Morgan fingerprint density at radius 2 is 1.50 bits per heavy atom. The van der Waals surface area contributed by atoms with Gasteiger partial charge in [-0.15, -0.1) is 0 Å². The van der Waals surface area contributed by atoms with Gasteiger partial charge < -0.3 is 19.1 Å². The first-order valence-corrected chi connectivity index (χ1v) is 11.2. The third-order valence-corrected chi connectivity index (χ3v) is 5.74. The highest BCUT2D eigenvalue weighted by Crippen LogP contribution is 2.37. The molecule has 7 heteroatoms. The molecule has 180 valence electrons. The van der Waals surface area contributed by atoms with Crippen molar-refractivity contribution in [1.82, 2.24) is 4.90 Å². The number of hydrogen-bond donors (Lipinski definition) is 0. The first kappa shape index (κ1) is 25.0. The maximum atomic E-state index is 13.2. The molecule has 0 aliphatic carbocycles. The summed E-state index contributed by atoms with van der Waals surface area (Å²) in [5.74, 6) is 0.504. The molecule has 0 spiro atoms. The molecule has 0 radical (unpaired) electrons. The van der Waals surface area contributed by atoms with Gasteiger partial charge in [0.2, 0.25) is 0 Å². The van der Waals surface area contributed by atoms with Gasteiger partial charge >= 0.3 is 5.97 Å². The molecule has 1 aliphatic rings. The lowest BCUT2D eigenvalue weighted by molar-refractivity contribution is -0.147. The van der Waals surface area contributed by atoms with Gasteiger partial charge in [0.05, 0.1) is 32.7 Å². The molecular formula is C27H30FNO5. The molecule has 4 rings (SSSR count). The fraction of sp³-hybridized carbons (Fsp3) is 0.333. The van der Waals surface area contributed by atoms with E-state index in [9.17, 15) is 14.0 Å². The van der Waals surface area contributed by atoms with E-state index < -0.39 is 11.2 Å². The summed E-state index contributed by atoms with van der Waals surface area (Å²) in [6, 6.07) is 17.0. The van der Waals surface area contributed by atoms with Crippen molar-refractivity contribution in [2.24, 2.45) is 5.41 Å². The highest BCUT2D eigenvalue weighted by molar-refractivity contribution is 5.95. The topological polar surface area (TPSA) is 65.1 Å². The average Bonchev–Trinajstić information content (AvgIpc) is 2.85. The number of hydrogen-bond acceptors (Lipinski definition) is 5. The minimum Gasteiger partial charge on any atom is -0.497 e. The molecule has 1 fully saturated rings. The molecule has 34 heavy (non-hydrogen) atoms. The zero-order valence-electron chi connectivity index (χ0n) is 20.0. The van der Waals surface area contributed by atoms with Crippen LogP contribution in [-0.2, 0) is 9.53 Å². The van der Waals surface area contributed by atoms with Gasteiger partial charge in [-0.3, -0.25) is 9.59 Å². The van der Waals surface area contributed by atoms with Crippen LogP contribution in [0.3, 0.4) is 0 Å². The highest BCUT2D eigenvalue weighted by atomic mass is 19.1. The maximum Gasteiger partial charge on any atom is 0.306 e. The number of nitrogens with zero attached hydrogens (tertiary/aromatic N) is 1. The van der Waals surface area contributed by atoms with Crippen LogP contribution in [-0.4, -0.2) is 50.7 Å². The Kier molecular flexibility index (Phi) is 8.10. The van der Waals surface area contributed by atoms with Gasteiger partial charge in [-0.25, -0.2) is 4.39 Å². The van der Waals surface area contributed by atoms with Crippen molar-refractivity contribution in [2.75, 3.05) is 33.9 Å². The van der Waals surface area contributed by atoms with Crippen LogP contribution in [0.2, 0.25) is 0 Å². The molecule has 0 atom stereocenters. The third-order valence-electron chi connectivity index (χ3n) is 5.74. The van der Waals surface area contributed by atoms with E-state index in [2.05, 4.69) is 0 Å².